The van der Waals surface area contributed by atoms with Gasteiger partial charge in [0.2, 0.25) is 5.91 Å². The number of carbonyl (C=O) groups is 2. The fourth-order valence-electron chi connectivity index (χ4n) is 2.11. The number of aldehydes is 1. The molecule has 2 rings (SSSR count). The zero-order chi connectivity index (χ0) is 11.4. The molecule has 3 nitrogen and oxygen atoms in total. The third kappa shape index (κ3) is 2.30. The topological polar surface area (TPSA) is 37.4 Å². The highest BCUT2D eigenvalue weighted by Crippen LogP contribution is 2.15. The number of carbonyl (C=O) groups excluding carboxylic acids is 2. The van der Waals surface area contributed by atoms with Crippen LogP contribution in [0.3, 0.4) is 0 Å². The Bertz CT molecular complexity index is 375. The minimum atomic E-state index is -0.294. The first-order valence-electron chi connectivity index (χ1n) is 5.60. The molecule has 3 heteroatoms. The van der Waals surface area contributed by atoms with Crippen LogP contribution in [0.5, 0.6) is 0 Å². The van der Waals surface area contributed by atoms with E-state index in [0.29, 0.717) is 12.8 Å². The Morgan fingerprint density at radius 1 is 1.31 bits per heavy atom. The standard InChI is InChI=1S/C13H15NO2/c15-10-12(14-8-4-7-13(14)16)9-11-5-2-1-3-6-11/h1-3,5-6,10,12H,4,7-9H2/t12-/m1/s1. The fourth-order valence-corrected chi connectivity index (χ4v) is 2.11. The molecular weight excluding hydrogens is 202 g/mol. The van der Waals surface area contributed by atoms with Crippen LogP contribution in [0, 0.1) is 0 Å². The highest BCUT2D eigenvalue weighted by molar-refractivity contribution is 5.81. The largest absolute Gasteiger partial charge is 0.333 e. The molecule has 1 amide bonds. The normalized spacial score (nSPS) is 17.5. The van der Waals surface area contributed by atoms with Crippen LogP contribution in [0.4, 0.5) is 0 Å². The third-order valence-electron chi connectivity index (χ3n) is 2.96. The van der Waals surface area contributed by atoms with Gasteiger partial charge in [0.1, 0.15) is 6.29 Å². The first-order valence-corrected chi connectivity index (χ1v) is 5.60. The van der Waals surface area contributed by atoms with Gasteiger partial charge in [-0.05, 0) is 18.4 Å². The molecule has 1 atom stereocenters. The van der Waals surface area contributed by atoms with Gasteiger partial charge in [-0.15, -0.1) is 0 Å². The van der Waals surface area contributed by atoms with Crippen LogP contribution in [0.25, 0.3) is 0 Å². The van der Waals surface area contributed by atoms with Crippen molar-refractivity contribution in [1.82, 2.24) is 4.90 Å². The summed E-state index contributed by atoms with van der Waals surface area (Å²) >= 11 is 0. The Kier molecular flexibility index (Phi) is 3.34. The van der Waals surface area contributed by atoms with E-state index in [9.17, 15) is 9.59 Å². The maximum Gasteiger partial charge on any atom is 0.223 e. The van der Waals surface area contributed by atoms with Crippen molar-refractivity contribution in [3.05, 3.63) is 35.9 Å². The lowest BCUT2D eigenvalue weighted by atomic mass is 10.1. The average Bonchev–Trinajstić information content (AvgIpc) is 2.74. The summed E-state index contributed by atoms with van der Waals surface area (Å²) in [5, 5.41) is 0. The number of benzene rings is 1. The Balaban J connectivity index is 2.06. The summed E-state index contributed by atoms with van der Waals surface area (Å²) < 4.78 is 0. The van der Waals surface area contributed by atoms with Crippen LogP contribution in [0.1, 0.15) is 18.4 Å². The number of amides is 1. The molecule has 84 valence electrons. The van der Waals surface area contributed by atoms with Crippen molar-refractivity contribution in [2.75, 3.05) is 6.54 Å². The summed E-state index contributed by atoms with van der Waals surface area (Å²) in [5.74, 6) is 0.105. The molecule has 1 aliphatic heterocycles. The van der Waals surface area contributed by atoms with E-state index in [1.807, 2.05) is 30.3 Å². The zero-order valence-corrected chi connectivity index (χ0v) is 9.13. The number of hydrogen-bond donors (Lipinski definition) is 0. The summed E-state index contributed by atoms with van der Waals surface area (Å²) in [6.07, 6.45) is 2.96. The second-order valence-corrected chi connectivity index (χ2v) is 4.08. The maximum atomic E-state index is 11.5. The van der Waals surface area contributed by atoms with Gasteiger partial charge < -0.3 is 9.69 Å². The van der Waals surface area contributed by atoms with Gasteiger partial charge in [-0.2, -0.15) is 0 Å². The molecule has 0 spiro atoms. The summed E-state index contributed by atoms with van der Waals surface area (Å²) in [5.41, 5.74) is 1.10. The molecule has 0 aliphatic carbocycles. The second kappa shape index (κ2) is 4.92. The van der Waals surface area contributed by atoms with Crippen molar-refractivity contribution in [3.63, 3.8) is 0 Å². The molecule has 0 aromatic heterocycles. The van der Waals surface area contributed by atoms with Gasteiger partial charge in [-0.3, -0.25) is 4.79 Å². The molecule has 1 saturated heterocycles. The molecule has 0 saturated carbocycles. The summed E-state index contributed by atoms with van der Waals surface area (Å²) in [6.45, 7) is 0.717. The lowest BCUT2D eigenvalue weighted by Gasteiger charge is -2.22. The van der Waals surface area contributed by atoms with E-state index in [1.165, 1.54) is 0 Å². The quantitative estimate of drug-likeness (QED) is 0.715. The number of likely N-dealkylation sites (tertiary alicyclic amines) is 1. The van der Waals surface area contributed by atoms with Crippen molar-refractivity contribution in [1.29, 1.82) is 0 Å². The Morgan fingerprint density at radius 3 is 2.62 bits per heavy atom. The van der Waals surface area contributed by atoms with Crippen molar-refractivity contribution in [3.8, 4) is 0 Å². The first kappa shape index (κ1) is 10.9. The van der Waals surface area contributed by atoms with E-state index in [1.54, 1.807) is 4.90 Å². The smallest absolute Gasteiger partial charge is 0.223 e. The number of hydrogen-bond acceptors (Lipinski definition) is 2. The molecule has 1 aliphatic rings. The number of nitrogens with zero attached hydrogens (tertiary/aromatic N) is 1. The van der Waals surface area contributed by atoms with Crippen LogP contribution < -0.4 is 0 Å². The molecule has 0 unspecified atom stereocenters. The van der Waals surface area contributed by atoms with Gasteiger partial charge in [-0.25, -0.2) is 0 Å². The van der Waals surface area contributed by atoms with E-state index in [-0.39, 0.29) is 11.9 Å². The van der Waals surface area contributed by atoms with E-state index in [4.69, 9.17) is 0 Å². The SMILES string of the molecule is O=C[C@@H](Cc1ccccc1)N1CCCC1=O. The zero-order valence-electron chi connectivity index (χ0n) is 9.13. The van der Waals surface area contributed by atoms with Crippen LogP contribution in [0.15, 0.2) is 30.3 Å². The third-order valence-corrected chi connectivity index (χ3v) is 2.96. The number of rotatable bonds is 4. The fraction of sp³-hybridized carbons (Fsp3) is 0.385. The lowest BCUT2D eigenvalue weighted by Crippen LogP contribution is -2.38. The van der Waals surface area contributed by atoms with Gasteiger partial charge in [0, 0.05) is 13.0 Å². The van der Waals surface area contributed by atoms with Crippen molar-refractivity contribution < 1.29 is 9.59 Å². The molecule has 1 fully saturated rings. The average molecular weight is 217 g/mol. The molecule has 0 radical (unpaired) electrons. The van der Waals surface area contributed by atoms with Gasteiger partial charge in [0.05, 0.1) is 6.04 Å². The van der Waals surface area contributed by atoms with Crippen LogP contribution >= 0.6 is 0 Å². The van der Waals surface area contributed by atoms with Crippen LogP contribution in [-0.4, -0.2) is 29.7 Å². The van der Waals surface area contributed by atoms with E-state index >= 15 is 0 Å². The summed E-state index contributed by atoms with van der Waals surface area (Å²) in [6, 6.07) is 9.51. The van der Waals surface area contributed by atoms with Gasteiger partial charge in [0.25, 0.3) is 0 Å². The minimum Gasteiger partial charge on any atom is -0.333 e. The van der Waals surface area contributed by atoms with E-state index < -0.39 is 0 Å². The van der Waals surface area contributed by atoms with Gasteiger partial charge in [-0.1, -0.05) is 30.3 Å². The van der Waals surface area contributed by atoms with E-state index in [0.717, 1.165) is 24.8 Å². The monoisotopic (exact) mass is 217 g/mol. The minimum absolute atomic E-state index is 0.105. The first-order chi connectivity index (χ1) is 7.81. The van der Waals surface area contributed by atoms with Crippen molar-refractivity contribution in [2.24, 2.45) is 0 Å². The summed E-state index contributed by atoms with van der Waals surface area (Å²) in [4.78, 5) is 24.3. The molecule has 0 N–H and O–H groups in total. The van der Waals surface area contributed by atoms with Crippen molar-refractivity contribution >= 4 is 12.2 Å². The predicted molar refractivity (Wildman–Crippen MR) is 60.9 cm³/mol. The molecule has 1 aromatic rings. The molecule has 1 aromatic carbocycles. The van der Waals surface area contributed by atoms with Crippen molar-refractivity contribution in [2.45, 2.75) is 25.3 Å². The van der Waals surface area contributed by atoms with Crippen LogP contribution in [-0.2, 0) is 16.0 Å². The predicted octanol–water partition coefficient (Wildman–Crippen LogP) is 1.42. The van der Waals surface area contributed by atoms with Gasteiger partial charge in [0.15, 0.2) is 0 Å². The molecule has 0 bridgehead atoms. The maximum absolute atomic E-state index is 11.5. The molecular formula is C13H15NO2. The Hall–Kier alpha value is -1.64. The lowest BCUT2D eigenvalue weighted by molar-refractivity contribution is -0.132. The van der Waals surface area contributed by atoms with E-state index in [2.05, 4.69) is 0 Å². The van der Waals surface area contributed by atoms with Gasteiger partial charge >= 0.3 is 0 Å². The highest BCUT2D eigenvalue weighted by Gasteiger charge is 2.27. The highest BCUT2D eigenvalue weighted by atomic mass is 16.2. The second-order valence-electron chi connectivity index (χ2n) is 4.08. The Morgan fingerprint density at radius 2 is 2.06 bits per heavy atom. The summed E-state index contributed by atoms with van der Waals surface area (Å²) in [7, 11) is 0. The Labute approximate surface area is 95.1 Å². The molecule has 16 heavy (non-hydrogen) atoms. The molecule has 1 heterocycles. The van der Waals surface area contributed by atoms with Crippen LogP contribution in [0.2, 0.25) is 0 Å².